The number of esters is 1. The summed E-state index contributed by atoms with van der Waals surface area (Å²) in [7, 11) is 1.38. The van der Waals surface area contributed by atoms with E-state index in [1.54, 1.807) is 0 Å². The van der Waals surface area contributed by atoms with E-state index in [4.69, 9.17) is 14.2 Å². The maximum Gasteiger partial charge on any atom is 0.306 e. The number of halogens is 1. The van der Waals surface area contributed by atoms with E-state index in [1.165, 1.54) is 18.0 Å². The zero-order valence-corrected chi connectivity index (χ0v) is 25.0. The summed E-state index contributed by atoms with van der Waals surface area (Å²) in [6, 6.07) is 13.0. The molecule has 1 aliphatic carbocycles. The standard InChI is InChI=1S/C33H35FN4O5/c1-18-12-20(32-35-37-38(36-32)33(3,4)17-39)13-19(2)30(18)24-8-10-26(34)31-25(24)9-11-27(31)43-22-6-7-23-21(14-29(40)41-5)16-42-28(23)15-22/h6-8,10,12-13,15,21,27,39H,9,11,14,16-17H2,1-5H3/t21?,27-/m1/s1. The zero-order valence-electron chi connectivity index (χ0n) is 25.0. The van der Waals surface area contributed by atoms with Gasteiger partial charge in [-0.2, -0.15) is 4.80 Å². The Hall–Kier alpha value is -4.31. The number of tetrazole rings is 1. The minimum absolute atomic E-state index is 0.0586. The molecule has 1 aliphatic heterocycles. The van der Waals surface area contributed by atoms with Crippen LogP contribution in [-0.2, 0) is 21.5 Å². The Morgan fingerprint density at radius 1 is 1.16 bits per heavy atom. The fourth-order valence-electron chi connectivity index (χ4n) is 6.14. The van der Waals surface area contributed by atoms with Crippen LogP contribution in [0, 0.1) is 19.7 Å². The molecular formula is C33H35FN4O5. The number of aliphatic hydroxyl groups excluding tert-OH is 1. The minimum Gasteiger partial charge on any atom is -0.492 e. The Morgan fingerprint density at radius 2 is 1.93 bits per heavy atom. The van der Waals surface area contributed by atoms with Gasteiger partial charge in [0.05, 0.1) is 26.7 Å². The molecule has 0 spiro atoms. The quantitative estimate of drug-likeness (QED) is 0.266. The molecule has 4 aromatic rings. The van der Waals surface area contributed by atoms with Gasteiger partial charge in [-0.25, -0.2) is 4.39 Å². The molecule has 1 unspecified atom stereocenters. The Morgan fingerprint density at radius 3 is 2.65 bits per heavy atom. The van der Waals surface area contributed by atoms with Crippen molar-refractivity contribution in [2.75, 3.05) is 20.3 Å². The third kappa shape index (κ3) is 5.24. The fourth-order valence-corrected chi connectivity index (χ4v) is 6.14. The van der Waals surface area contributed by atoms with Crippen LogP contribution in [0.2, 0.25) is 0 Å². The third-order valence-electron chi connectivity index (χ3n) is 8.47. The first kappa shape index (κ1) is 28.8. The molecule has 1 N–H and O–H groups in total. The molecule has 0 amide bonds. The van der Waals surface area contributed by atoms with Crippen LogP contribution < -0.4 is 9.47 Å². The summed E-state index contributed by atoms with van der Waals surface area (Å²) in [6.07, 6.45) is 1.15. The number of hydrogen-bond donors (Lipinski definition) is 1. The van der Waals surface area contributed by atoms with Gasteiger partial charge in [0.15, 0.2) is 0 Å². The monoisotopic (exact) mass is 586 g/mol. The number of benzene rings is 3. The summed E-state index contributed by atoms with van der Waals surface area (Å²) in [6.45, 7) is 8.04. The molecule has 0 bridgehead atoms. The van der Waals surface area contributed by atoms with Crippen molar-refractivity contribution in [1.82, 2.24) is 20.2 Å². The third-order valence-corrected chi connectivity index (χ3v) is 8.47. The summed E-state index contributed by atoms with van der Waals surface area (Å²) < 4.78 is 32.4. The first-order valence-corrected chi connectivity index (χ1v) is 14.4. The molecule has 43 heavy (non-hydrogen) atoms. The van der Waals surface area contributed by atoms with Crippen molar-refractivity contribution < 1.29 is 28.5 Å². The van der Waals surface area contributed by atoms with Crippen molar-refractivity contribution >= 4 is 5.97 Å². The zero-order chi connectivity index (χ0) is 30.5. The summed E-state index contributed by atoms with van der Waals surface area (Å²) in [5, 5.41) is 22.5. The smallest absolute Gasteiger partial charge is 0.306 e. The van der Waals surface area contributed by atoms with Crippen LogP contribution in [0.1, 0.15) is 66.5 Å². The van der Waals surface area contributed by atoms with Crippen molar-refractivity contribution in [2.24, 2.45) is 0 Å². The van der Waals surface area contributed by atoms with Crippen LogP contribution in [0.4, 0.5) is 4.39 Å². The highest BCUT2D eigenvalue weighted by Gasteiger charge is 2.32. The van der Waals surface area contributed by atoms with E-state index in [0.717, 1.165) is 38.9 Å². The highest BCUT2D eigenvalue weighted by Crippen LogP contribution is 2.45. The lowest BCUT2D eigenvalue weighted by atomic mass is 9.89. The molecule has 9 nitrogen and oxygen atoms in total. The predicted molar refractivity (Wildman–Crippen MR) is 158 cm³/mol. The molecule has 2 heterocycles. The average Bonchev–Trinajstić information content (AvgIpc) is 3.74. The largest absolute Gasteiger partial charge is 0.492 e. The number of carbonyl (C=O) groups is 1. The highest BCUT2D eigenvalue weighted by atomic mass is 19.1. The summed E-state index contributed by atoms with van der Waals surface area (Å²) >= 11 is 0. The second-order valence-electron chi connectivity index (χ2n) is 12.0. The van der Waals surface area contributed by atoms with E-state index in [1.807, 2.05) is 64.1 Å². The molecule has 224 valence electrons. The van der Waals surface area contributed by atoms with Crippen molar-refractivity contribution in [3.63, 3.8) is 0 Å². The van der Waals surface area contributed by atoms with E-state index in [9.17, 15) is 9.90 Å². The average molecular weight is 587 g/mol. The number of aryl methyl sites for hydroxylation is 2. The summed E-state index contributed by atoms with van der Waals surface area (Å²) in [4.78, 5) is 13.2. The molecule has 0 saturated carbocycles. The van der Waals surface area contributed by atoms with Crippen LogP contribution in [0.5, 0.6) is 11.5 Å². The number of aliphatic hydroxyl groups is 1. The number of methoxy groups -OCH3 is 1. The van der Waals surface area contributed by atoms with E-state index in [-0.39, 0.29) is 30.7 Å². The van der Waals surface area contributed by atoms with Crippen LogP contribution in [0.25, 0.3) is 22.5 Å². The lowest BCUT2D eigenvalue weighted by Gasteiger charge is -2.19. The van der Waals surface area contributed by atoms with Gasteiger partial charge in [0.25, 0.3) is 0 Å². The molecule has 0 radical (unpaired) electrons. The molecule has 2 aliphatic rings. The number of aromatic nitrogens is 4. The summed E-state index contributed by atoms with van der Waals surface area (Å²) in [5.74, 6) is 1.14. The summed E-state index contributed by atoms with van der Waals surface area (Å²) in [5.41, 5.74) is 6.72. The molecule has 1 aromatic heterocycles. The van der Waals surface area contributed by atoms with E-state index in [0.29, 0.717) is 42.3 Å². The number of carbonyl (C=O) groups excluding carboxylic acids is 1. The second kappa shape index (κ2) is 11.1. The molecule has 2 atom stereocenters. The SMILES string of the molecule is COC(=O)CC1COc2cc(O[C@@H]3CCc4c(-c5c(C)cc(-c6nnn(C(C)(C)CO)n6)cc5C)ccc(F)c43)ccc21. The van der Waals surface area contributed by atoms with E-state index >= 15 is 4.39 Å². The van der Waals surface area contributed by atoms with Crippen LogP contribution in [0.15, 0.2) is 42.5 Å². The lowest BCUT2D eigenvalue weighted by molar-refractivity contribution is -0.141. The predicted octanol–water partition coefficient (Wildman–Crippen LogP) is 5.60. The van der Waals surface area contributed by atoms with Gasteiger partial charge in [-0.05, 0) is 97.8 Å². The highest BCUT2D eigenvalue weighted by molar-refractivity contribution is 5.78. The number of nitrogens with zero attached hydrogens (tertiary/aromatic N) is 4. The molecule has 0 saturated heterocycles. The number of ether oxygens (including phenoxy) is 3. The van der Waals surface area contributed by atoms with Gasteiger partial charge in [-0.3, -0.25) is 4.79 Å². The van der Waals surface area contributed by atoms with Gasteiger partial charge >= 0.3 is 5.97 Å². The number of rotatable bonds is 8. The van der Waals surface area contributed by atoms with Crippen molar-refractivity contribution in [3.8, 4) is 34.0 Å². The number of hydrogen-bond acceptors (Lipinski definition) is 8. The van der Waals surface area contributed by atoms with Gasteiger partial charge in [0, 0.05) is 28.7 Å². The van der Waals surface area contributed by atoms with Crippen molar-refractivity contribution in [1.29, 1.82) is 0 Å². The van der Waals surface area contributed by atoms with Crippen LogP contribution in [0.3, 0.4) is 0 Å². The van der Waals surface area contributed by atoms with Crippen molar-refractivity contribution in [2.45, 2.75) is 64.5 Å². The number of fused-ring (bicyclic) bond motifs is 2. The Labute approximate surface area is 249 Å². The molecular weight excluding hydrogens is 551 g/mol. The van der Waals surface area contributed by atoms with Crippen LogP contribution >= 0.6 is 0 Å². The fraction of sp³-hybridized carbons (Fsp3) is 0.394. The van der Waals surface area contributed by atoms with Gasteiger partial charge in [0.2, 0.25) is 5.82 Å². The Balaban J connectivity index is 1.28. The van der Waals surface area contributed by atoms with Gasteiger partial charge in [-0.15, -0.1) is 10.2 Å². The minimum atomic E-state index is -0.664. The van der Waals surface area contributed by atoms with Gasteiger partial charge in [-0.1, -0.05) is 12.1 Å². The van der Waals surface area contributed by atoms with Gasteiger partial charge < -0.3 is 19.3 Å². The topological polar surface area (TPSA) is 109 Å². The maximum absolute atomic E-state index is 15.4. The first-order chi connectivity index (χ1) is 20.6. The molecule has 10 heteroatoms. The Bertz CT molecular complexity index is 1690. The van der Waals surface area contributed by atoms with Crippen LogP contribution in [-0.4, -0.2) is 51.6 Å². The molecule has 0 fully saturated rings. The van der Waals surface area contributed by atoms with Gasteiger partial charge in [0.1, 0.15) is 29.0 Å². The first-order valence-electron chi connectivity index (χ1n) is 14.4. The second-order valence-corrected chi connectivity index (χ2v) is 12.0. The molecule has 3 aromatic carbocycles. The van der Waals surface area contributed by atoms with E-state index in [2.05, 4.69) is 15.4 Å². The normalized spacial score (nSPS) is 17.4. The molecule has 6 rings (SSSR count). The Kier molecular flexibility index (Phi) is 7.41. The van der Waals surface area contributed by atoms with E-state index < -0.39 is 11.6 Å². The lowest BCUT2D eigenvalue weighted by Crippen LogP contribution is -2.32. The van der Waals surface area contributed by atoms with Crippen molar-refractivity contribution in [3.05, 3.63) is 76.1 Å². The maximum atomic E-state index is 15.4.